The molecule has 0 saturated heterocycles. The Morgan fingerprint density at radius 3 is 3.00 bits per heavy atom. The molecule has 0 radical (unpaired) electrons. The lowest BCUT2D eigenvalue weighted by Crippen LogP contribution is -2.38. The third-order valence-electron chi connectivity index (χ3n) is 4.33. The van der Waals surface area contributed by atoms with Gasteiger partial charge in [-0.1, -0.05) is 19.3 Å². The first-order chi connectivity index (χ1) is 9.43. The van der Waals surface area contributed by atoms with Gasteiger partial charge in [0.25, 0.3) is 0 Å². The Labute approximate surface area is 112 Å². The highest BCUT2D eigenvalue weighted by atomic mass is 15.2. The fraction of sp³-hybridized carbons (Fsp3) is 0.467. The third kappa shape index (κ3) is 1.74. The number of hydrogen-bond donors (Lipinski definition) is 1. The zero-order chi connectivity index (χ0) is 12.7. The van der Waals surface area contributed by atoms with E-state index in [1.807, 2.05) is 18.7 Å². The van der Waals surface area contributed by atoms with E-state index in [1.165, 1.54) is 48.7 Å². The molecule has 1 aliphatic carbocycles. The van der Waals surface area contributed by atoms with Crippen LogP contribution in [0, 0.1) is 0 Å². The van der Waals surface area contributed by atoms with Crippen molar-refractivity contribution in [1.29, 1.82) is 0 Å². The van der Waals surface area contributed by atoms with Gasteiger partial charge in [0.05, 0.1) is 18.6 Å². The van der Waals surface area contributed by atoms with Crippen LogP contribution in [-0.2, 0) is 6.54 Å². The van der Waals surface area contributed by atoms with Crippen molar-refractivity contribution in [1.82, 2.24) is 9.97 Å². The van der Waals surface area contributed by atoms with E-state index in [1.54, 1.807) is 0 Å². The van der Waals surface area contributed by atoms with E-state index in [0.29, 0.717) is 6.04 Å². The minimum absolute atomic E-state index is 0.608. The van der Waals surface area contributed by atoms with Crippen molar-refractivity contribution in [3.8, 4) is 0 Å². The van der Waals surface area contributed by atoms with Crippen LogP contribution in [0.1, 0.15) is 37.7 Å². The number of pyridine rings is 1. The van der Waals surface area contributed by atoms with Crippen molar-refractivity contribution < 1.29 is 0 Å². The van der Waals surface area contributed by atoms with Crippen molar-refractivity contribution in [2.45, 2.75) is 44.7 Å². The summed E-state index contributed by atoms with van der Waals surface area (Å²) in [6, 6.07) is 2.74. The summed E-state index contributed by atoms with van der Waals surface area (Å²) in [5.41, 5.74) is 3.56. The second kappa shape index (κ2) is 4.37. The molecule has 1 saturated carbocycles. The van der Waals surface area contributed by atoms with E-state index in [9.17, 15) is 0 Å². The first-order valence-electron chi connectivity index (χ1n) is 7.17. The van der Waals surface area contributed by atoms with Gasteiger partial charge in [0.15, 0.2) is 0 Å². The maximum Gasteiger partial charge on any atom is 0.139 e. The lowest BCUT2D eigenvalue weighted by molar-refractivity contribution is 0.440. The molecular weight excluding hydrogens is 236 g/mol. The number of nitrogens with zero attached hydrogens (tertiary/aromatic N) is 3. The molecule has 0 atom stereocenters. The van der Waals surface area contributed by atoms with E-state index < -0.39 is 0 Å². The molecule has 4 heteroatoms. The van der Waals surface area contributed by atoms with Crippen LogP contribution >= 0.6 is 0 Å². The Balaban J connectivity index is 1.83. The SMILES string of the molecule is C1=NCc2cnc3[nH]ccc3c2N1C1CCCCC1. The van der Waals surface area contributed by atoms with Gasteiger partial charge in [0.1, 0.15) is 5.65 Å². The Bertz CT molecular complexity index is 622. The maximum absolute atomic E-state index is 4.52. The summed E-state index contributed by atoms with van der Waals surface area (Å²) in [5.74, 6) is 0. The first kappa shape index (κ1) is 11.0. The van der Waals surface area contributed by atoms with Crippen molar-refractivity contribution in [2.24, 2.45) is 4.99 Å². The molecule has 0 unspecified atom stereocenters. The van der Waals surface area contributed by atoms with Gasteiger partial charge >= 0.3 is 0 Å². The Hall–Kier alpha value is -1.84. The normalized spacial score (nSPS) is 19.9. The number of fused-ring (bicyclic) bond motifs is 3. The molecule has 0 bridgehead atoms. The summed E-state index contributed by atoms with van der Waals surface area (Å²) in [5, 5.41) is 1.23. The smallest absolute Gasteiger partial charge is 0.139 e. The summed E-state index contributed by atoms with van der Waals surface area (Å²) in [4.78, 5) is 14.6. The van der Waals surface area contributed by atoms with Crippen molar-refractivity contribution in [3.63, 3.8) is 0 Å². The van der Waals surface area contributed by atoms with Crippen LogP contribution in [-0.4, -0.2) is 22.3 Å². The molecular formula is C15H18N4. The summed E-state index contributed by atoms with van der Waals surface area (Å²) in [7, 11) is 0. The molecule has 2 aromatic heterocycles. The molecule has 0 aromatic carbocycles. The Kier molecular flexibility index (Phi) is 2.53. The quantitative estimate of drug-likeness (QED) is 0.849. The highest BCUT2D eigenvalue weighted by Gasteiger charge is 2.26. The summed E-state index contributed by atoms with van der Waals surface area (Å²) >= 11 is 0. The number of aromatic amines is 1. The molecule has 19 heavy (non-hydrogen) atoms. The van der Waals surface area contributed by atoms with Crippen LogP contribution in [0.15, 0.2) is 23.5 Å². The van der Waals surface area contributed by atoms with Crippen molar-refractivity contribution >= 4 is 23.1 Å². The molecule has 2 aromatic rings. The minimum Gasteiger partial charge on any atom is -0.346 e. The van der Waals surface area contributed by atoms with Gasteiger partial charge in [-0.25, -0.2) is 4.98 Å². The molecule has 1 aliphatic heterocycles. The molecule has 4 rings (SSSR count). The largest absolute Gasteiger partial charge is 0.346 e. The van der Waals surface area contributed by atoms with Gasteiger partial charge < -0.3 is 9.88 Å². The third-order valence-corrected chi connectivity index (χ3v) is 4.33. The van der Waals surface area contributed by atoms with Crippen LogP contribution in [0.5, 0.6) is 0 Å². The summed E-state index contributed by atoms with van der Waals surface area (Å²) < 4.78 is 0. The van der Waals surface area contributed by atoms with Crippen LogP contribution in [0.25, 0.3) is 11.0 Å². The lowest BCUT2D eigenvalue weighted by atomic mass is 9.93. The van der Waals surface area contributed by atoms with E-state index in [-0.39, 0.29) is 0 Å². The first-order valence-corrected chi connectivity index (χ1v) is 7.17. The van der Waals surface area contributed by atoms with Crippen LogP contribution in [0.4, 0.5) is 5.69 Å². The van der Waals surface area contributed by atoms with Crippen LogP contribution < -0.4 is 4.90 Å². The molecule has 98 valence electrons. The maximum atomic E-state index is 4.52. The van der Waals surface area contributed by atoms with E-state index in [2.05, 4.69) is 25.9 Å². The number of nitrogens with one attached hydrogen (secondary N) is 1. The van der Waals surface area contributed by atoms with Crippen molar-refractivity contribution in [2.75, 3.05) is 4.90 Å². The second-order valence-corrected chi connectivity index (χ2v) is 5.53. The molecule has 0 amide bonds. The van der Waals surface area contributed by atoms with Crippen LogP contribution in [0.3, 0.4) is 0 Å². The second-order valence-electron chi connectivity index (χ2n) is 5.53. The zero-order valence-corrected chi connectivity index (χ0v) is 11.0. The monoisotopic (exact) mass is 254 g/mol. The van der Waals surface area contributed by atoms with E-state index in [0.717, 1.165) is 12.2 Å². The fourth-order valence-electron chi connectivity index (χ4n) is 3.38. The molecule has 0 spiro atoms. The number of rotatable bonds is 1. The number of aliphatic imine (C=N–C) groups is 1. The molecule has 2 aliphatic rings. The molecule has 1 N–H and O–H groups in total. The van der Waals surface area contributed by atoms with Gasteiger partial charge in [-0.2, -0.15) is 0 Å². The van der Waals surface area contributed by atoms with Crippen molar-refractivity contribution in [3.05, 3.63) is 24.0 Å². The molecule has 4 nitrogen and oxygen atoms in total. The zero-order valence-electron chi connectivity index (χ0n) is 11.0. The molecule has 1 fully saturated rings. The summed E-state index contributed by atoms with van der Waals surface area (Å²) in [6.07, 6.45) is 12.6. The summed E-state index contributed by atoms with van der Waals surface area (Å²) in [6.45, 7) is 0.757. The van der Waals surface area contributed by atoms with Gasteiger partial charge in [-0.05, 0) is 18.9 Å². The van der Waals surface area contributed by atoms with E-state index in [4.69, 9.17) is 0 Å². The predicted octanol–water partition coefficient (Wildman–Crippen LogP) is 3.24. The number of H-pyrrole nitrogens is 1. The highest BCUT2D eigenvalue weighted by Crippen LogP contribution is 2.35. The van der Waals surface area contributed by atoms with Crippen LogP contribution in [0.2, 0.25) is 0 Å². The average Bonchev–Trinajstić information content (AvgIpc) is 2.96. The average molecular weight is 254 g/mol. The minimum atomic E-state index is 0.608. The van der Waals surface area contributed by atoms with Gasteiger partial charge in [0.2, 0.25) is 0 Å². The topological polar surface area (TPSA) is 44.3 Å². The van der Waals surface area contributed by atoms with Gasteiger partial charge in [-0.15, -0.1) is 0 Å². The molecule has 3 heterocycles. The number of aromatic nitrogens is 2. The lowest BCUT2D eigenvalue weighted by Gasteiger charge is -2.36. The Morgan fingerprint density at radius 2 is 2.11 bits per heavy atom. The number of hydrogen-bond acceptors (Lipinski definition) is 3. The predicted molar refractivity (Wildman–Crippen MR) is 77.6 cm³/mol. The van der Waals surface area contributed by atoms with Gasteiger partial charge in [-0.3, -0.25) is 4.99 Å². The highest BCUT2D eigenvalue weighted by molar-refractivity contribution is 5.99. The Morgan fingerprint density at radius 1 is 1.21 bits per heavy atom. The standard InChI is InChI=1S/C15H18N4/c1-2-4-12(5-3-1)19-10-16-8-11-9-18-15-13(14(11)19)6-7-17-15/h6-7,9-10,12H,1-5,8H2,(H,17,18). The fourth-order valence-corrected chi connectivity index (χ4v) is 3.38. The van der Waals surface area contributed by atoms with E-state index >= 15 is 0 Å². The van der Waals surface area contributed by atoms with Gasteiger partial charge in [0, 0.05) is 29.4 Å². The number of anilines is 1.